The van der Waals surface area contributed by atoms with Crippen molar-refractivity contribution in [2.75, 3.05) is 16.8 Å². The molecule has 1 aliphatic carbocycles. The van der Waals surface area contributed by atoms with Gasteiger partial charge in [-0.1, -0.05) is 149 Å². The highest BCUT2D eigenvalue weighted by Crippen LogP contribution is 2.42. The Labute approximate surface area is 301 Å². The minimum absolute atomic E-state index is 0.374. The van der Waals surface area contributed by atoms with Crippen LogP contribution >= 0.6 is 11.3 Å². The molecule has 0 fully saturated rings. The lowest BCUT2D eigenvalue weighted by molar-refractivity contribution is 0.849. The van der Waals surface area contributed by atoms with E-state index in [-0.39, 0.29) is 0 Å². The number of hydrogen-bond acceptors (Lipinski definition) is 3. The van der Waals surface area contributed by atoms with Gasteiger partial charge in [-0.15, -0.1) is 11.3 Å². The van der Waals surface area contributed by atoms with Crippen LogP contribution < -0.4 is 9.80 Å². The summed E-state index contributed by atoms with van der Waals surface area (Å²) in [6, 6.07) is 31.9. The molecular weight excluding hydrogens is 613 g/mol. The smallest absolute Gasteiger partial charge is 0.0593 e. The van der Waals surface area contributed by atoms with Gasteiger partial charge < -0.3 is 9.80 Å². The molecule has 4 aromatic rings. The van der Waals surface area contributed by atoms with Crippen molar-refractivity contribution in [3.8, 4) is 0 Å². The zero-order chi connectivity index (χ0) is 35.9. The zero-order valence-electron chi connectivity index (χ0n) is 30.3. The minimum atomic E-state index is 0.374. The van der Waals surface area contributed by atoms with Crippen molar-refractivity contribution in [2.24, 2.45) is 0 Å². The molecule has 3 aromatic carbocycles. The van der Waals surface area contributed by atoms with Gasteiger partial charge in [0, 0.05) is 35.7 Å². The molecule has 0 radical (unpaired) electrons. The van der Waals surface area contributed by atoms with Crippen LogP contribution in [0.4, 0.5) is 17.1 Å². The van der Waals surface area contributed by atoms with E-state index in [1.165, 1.54) is 33.1 Å². The summed E-state index contributed by atoms with van der Waals surface area (Å²) in [6.45, 7) is 21.3. The lowest BCUT2D eigenvalue weighted by Gasteiger charge is -2.31. The number of allylic oxidation sites excluding steroid dienone is 11. The number of rotatable bonds is 10. The second-order valence-corrected chi connectivity index (χ2v) is 11.7. The molecule has 0 spiro atoms. The summed E-state index contributed by atoms with van der Waals surface area (Å²) in [4.78, 5) is 5.80. The first-order valence-electron chi connectivity index (χ1n) is 16.9. The molecule has 0 saturated carbocycles. The Balaban J connectivity index is 0.000000603. The maximum atomic E-state index is 4.27. The molecule has 3 heteroatoms. The molecule has 0 bridgehead atoms. The quantitative estimate of drug-likeness (QED) is 0.123. The normalized spacial score (nSPS) is 13.3. The Bertz CT molecular complexity index is 1670. The Morgan fingerprint density at radius 1 is 0.735 bits per heavy atom. The van der Waals surface area contributed by atoms with E-state index in [4.69, 9.17) is 0 Å². The Morgan fingerprint density at radius 2 is 1.29 bits per heavy atom. The number of hydrogen-bond donors (Lipinski definition) is 0. The van der Waals surface area contributed by atoms with Crippen LogP contribution in [0.25, 0.3) is 11.8 Å². The summed E-state index contributed by atoms with van der Waals surface area (Å²) < 4.78 is 0. The molecule has 0 aliphatic heterocycles. The van der Waals surface area contributed by atoms with Gasteiger partial charge in [0.05, 0.1) is 10.6 Å². The molecule has 0 saturated heterocycles. The number of thiophene rings is 1. The van der Waals surface area contributed by atoms with E-state index in [9.17, 15) is 0 Å². The Morgan fingerprint density at radius 3 is 1.82 bits per heavy atom. The van der Waals surface area contributed by atoms with Crippen LogP contribution in [0.15, 0.2) is 183 Å². The molecule has 2 nitrogen and oxygen atoms in total. The zero-order valence-corrected chi connectivity index (χ0v) is 31.1. The molecule has 0 N–H and O–H groups in total. The number of para-hydroxylation sites is 2. The van der Waals surface area contributed by atoms with Gasteiger partial charge in [0.25, 0.3) is 0 Å². The number of fused-ring (bicyclic) bond motifs is 1. The van der Waals surface area contributed by atoms with E-state index in [2.05, 4.69) is 164 Å². The third-order valence-corrected chi connectivity index (χ3v) is 8.37. The molecule has 49 heavy (non-hydrogen) atoms. The predicted molar refractivity (Wildman–Crippen MR) is 224 cm³/mol. The molecule has 1 aliphatic rings. The van der Waals surface area contributed by atoms with Crippen molar-refractivity contribution in [1.82, 2.24) is 0 Å². The van der Waals surface area contributed by atoms with E-state index in [1.54, 1.807) is 12.2 Å². The summed E-state index contributed by atoms with van der Waals surface area (Å²) in [7, 11) is 2.10. The van der Waals surface area contributed by atoms with Gasteiger partial charge in [-0.05, 0) is 86.2 Å². The van der Waals surface area contributed by atoms with Gasteiger partial charge in [0.15, 0.2) is 0 Å². The van der Waals surface area contributed by atoms with E-state index in [1.807, 2.05) is 69.4 Å². The SMILES string of the molecule is C/C=C\C.C=C(C)N(C1=CCC(C=CC=Cc2ccc(N(C)c3ccccc3)cc2)c2ccsc21)c1ccccc1.C=C/C=C\C=C.CC. The minimum Gasteiger partial charge on any atom is -0.345 e. The fourth-order valence-corrected chi connectivity index (χ4v) is 5.93. The van der Waals surface area contributed by atoms with E-state index < -0.39 is 0 Å². The van der Waals surface area contributed by atoms with Crippen molar-refractivity contribution in [3.63, 3.8) is 0 Å². The largest absolute Gasteiger partial charge is 0.345 e. The summed E-state index contributed by atoms with van der Waals surface area (Å²) in [5, 5.41) is 2.20. The van der Waals surface area contributed by atoms with Crippen LogP contribution in [0.1, 0.15) is 63.0 Å². The average Bonchev–Trinajstić information content (AvgIpc) is 3.66. The van der Waals surface area contributed by atoms with Crippen molar-refractivity contribution in [2.45, 2.75) is 47.0 Å². The Kier molecular flexibility index (Phi) is 19.0. The third kappa shape index (κ3) is 12.8. The van der Waals surface area contributed by atoms with Crippen LogP contribution in [0.2, 0.25) is 0 Å². The first kappa shape index (κ1) is 40.1. The molecule has 1 atom stereocenters. The molecule has 1 heterocycles. The maximum absolute atomic E-state index is 4.27. The second-order valence-electron chi connectivity index (χ2n) is 10.8. The van der Waals surface area contributed by atoms with Crippen LogP contribution in [0.5, 0.6) is 0 Å². The van der Waals surface area contributed by atoms with E-state index in [0.717, 1.165) is 17.8 Å². The first-order valence-corrected chi connectivity index (χ1v) is 17.8. The fourth-order valence-electron chi connectivity index (χ4n) is 4.93. The number of anilines is 3. The van der Waals surface area contributed by atoms with Crippen molar-refractivity contribution in [1.29, 1.82) is 0 Å². The van der Waals surface area contributed by atoms with E-state index >= 15 is 0 Å². The summed E-state index contributed by atoms with van der Waals surface area (Å²) in [6.07, 6.45) is 23.2. The van der Waals surface area contributed by atoms with Gasteiger partial charge in [0.1, 0.15) is 0 Å². The maximum Gasteiger partial charge on any atom is 0.0593 e. The van der Waals surface area contributed by atoms with Crippen molar-refractivity contribution < 1.29 is 0 Å². The molecule has 5 rings (SSSR count). The Hall–Kier alpha value is -5.12. The van der Waals surface area contributed by atoms with Crippen LogP contribution in [-0.4, -0.2) is 7.05 Å². The fraction of sp³-hybridized carbons (Fsp3) is 0.174. The molecular formula is C46H54N2S. The van der Waals surface area contributed by atoms with E-state index in [0.29, 0.717) is 5.92 Å². The standard InChI is InChI=1S/C34H32N2S.C6H8.C4H8.C2H6/c1-26(2)36(31-16-8-5-9-17-31)33-23-20-28(32-24-25-37-34(32)33)13-11-10-12-27-18-21-30(22-19-27)35(3)29-14-6-4-7-15-29;1-3-5-6-4-2;1-3-4-2;1-2/h4-19,21-25,28H,1,20H2,2-3H3;3-6H,1-2H2;3-4H,1-2H3;1-2H3/b;6-5-;4-3-;. The van der Waals surface area contributed by atoms with Crippen molar-refractivity contribution in [3.05, 3.63) is 199 Å². The molecule has 1 unspecified atom stereocenters. The van der Waals surface area contributed by atoms with Gasteiger partial charge in [-0.3, -0.25) is 0 Å². The summed E-state index contributed by atoms with van der Waals surface area (Å²) in [5.74, 6) is 0.374. The van der Waals surface area contributed by atoms with Crippen LogP contribution in [0.3, 0.4) is 0 Å². The summed E-state index contributed by atoms with van der Waals surface area (Å²) >= 11 is 1.81. The number of nitrogens with zero attached hydrogens (tertiary/aromatic N) is 2. The van der Waals surface area contributed by atoms with Gasteiger partial charge in [0.2, 0.25) is 0 Å². The predicted octanol–water partition coefficient (Wildman–Crippen LogP) is 14.2. The monoisotopic (exact) mass is 666 g/mol. The van der Waals surface area contributed by atoms with Crippen LogP contribution in [0, 0.1) is 0 Å². The lowest BCUT2D eigenvalue weighted by Crippen LogP contribution is -2.21. The second kappa shape index (κ2) is 23.2. The van der Waals surface area contributed by atoms with Gasteiger partial charge in [-0.25, -0.2) is 0 Å². The molecule has 0 amide bonds. The van der Waals surface area contributed by atoms with Crippen LogP contribution in [-0.2, 0) is 0 Å². The molecule has 1 aromatic heterocycles. The highest BCUT2D eigenvalue weighted by Gasteiger charge is 2.25. The topological polar surface area (TPSA) is 6.48 Å². The lowest BCUT2D eigenvalue weighted by atomic mass is 9.89. The van der Waals surface area contributed by atoms with Gasteiger partial charge >= 0.3 is 0 Å². The average molecular weight is 667 g/mol. The summed E-state index contributed by atoms with van der Waals surface area (Å²) in [5.41, 5.74) is 8.35. The first-order chi connectivity index (χ1) is 23.9. The highest BCUT2D eigenvalue weighted by atomic mass is 32.1. The number of benzene rings is 3. The third-order valence-electron chi connectivity index (χ3n) is 7.41. The highest BCUT2D eigenvalue weighted by molar-refractivity contribution is 7.11. The van der Waals surface area contributed by atoms with Crippen molar-refractivity contribution >= 4 is 40.2 Å². The van der Waals surface area contributed by atoms with Gasteiger partial charge in [-0.2, -0.15) is 0 Å². The molecule has 254 valence electrons.